The summed E-state index contributed by atoms with van der Waals surface area (Å²) in [5.74, 6) is -2.09. The molecule has 0 aliphatic rings. The normalized spacial score (nSPS) is 14.0. The van der Waals surface area contributed by atoms with Crippen LogP contribution in [-0.4, -0.2) is 87.4 Å². The minimum absolute atomic E-state index is 0.169. The minimum Gasteiger partial charge on any atom is -0.477 e. The Morgan fingerprint density at radius 1 is 0.408 bits per heavy atom. The van der Waals surface area contributed by atoms with E-state index < -0.39 is 24.3 Å². The number of aliphatic carboxylic acids is 1. The maximum absolute atomic E-state index is 12.8. The summed E-state index contributed by atoms with van der Waals surface area (Å²) in [7, 11) is 5.93. The standard InChI is InChI=1S/C67H105NO8/c1-6-8-10-12-14-16-18-20-22-23-24-25-26-27-28-29-30-31-32-33-34-35-36-37-38-39-40-41-42-43-44-46-48-50-52-54-56-58-65(70)76-63(62-75-67(66(71)72)73-60-59-68(3,4)5)61-74-64(69)57-55-53-51-49-47-45-21-19-17-15-13-11-9-7-2/h8,10,13-16,19-22,24-25,27-28,30-31,33-34,36-37,39-40,42-43,46,48,63,67H,6-7,9,11-12,17-18,23,26,29,32,35,38,41,44-45,47,49-62H2,1-5H3/p+1/b10-8-,15-13-,16-14-,21-19-,22-20-,25-24-,28-27-,31-30-,34-33-,37-36-,40-39-,43-42-,48-46-. The number of allylic oxidation sites excluding steroid dienone is 26. The van der Waals surface area contributed by atoms with Crippen LogP contribution in [0.15, 0.2) is 158 Å². The van der Waals surface area contributed by atoms with Gasteiger partial charge in [0.05, 0.1) is 34.4 Å². The molecule has 0 aliphatic heterocycles. The van der Waals surface area contributed by atoms with Crippen LogP contribution >= 0.6 is 0 Å². The van der Waals surface area contributed by atoms with Crippen molar-refractivity contribution in [2.75, 3.05) is 47.5 Å². The quantitative estimate of drug-likeness (QED) is 0.0211. The van der Waals surface area contributed by atoms with Crippen molar-refractivity contribution in [1.29, 1.82) is 0 Å². The third-order valence-electron chi connectivity index (χ3n) is 11.5. The second kappa shape index (κ2) is 56.1. The lowest BCUT2D eigenvalue weighted by Crippen LogP contribution is -2.40. The zero-order chi connectivity index (χ0) is 55.5. The number of rotatable bonds is 51. The molecule has 2 atom stereocenters. The first-order valence-corrected chi connectivity index (χ1v) is 29.1. The summed E-state index contributed by atoms with van der Waals surface area (Å²) in [6.45, 7) is 4.63. The molecule has 76 heavy (non-hydrogen) atoms. The number of hydrogen-bond donors (Lipinski definition) is 1. The second-order valence-electron chi connectivity index (χ2n) is 19.9. The van der Waals surface area contributed by atoms with Crippen LogP contribution < -0.4 is 0 Å². The van der Waals surface area contributed by atoms with E-state index in [1.54, 1.807) is 0 Å². The highest BCUT2D eigenvalue weighted by Gasteiger charge is 2.25. The van der Waals surface area contributed by atoms with Gasteiger partial charge in [-0.15, -0.1) is 0 Å². The molecule has 0 aliphatic carbocycles. The minimum atomic E-state index is -1.53. The van der Waals surface area contributed by atoms with Gasteiger partial charge in [-0.2, -0.15) is 0 Å². The third kappa shape index (κ3) is 56.6. The average Bonchev–Trinajstić information content (AvgIpc) is 3.39. The third-order valence-corrected chi connectivity index (χ3v) is 11.5. The monoisotopic (exact) mass is 1050 g/mol. The van der Waals surface area contributed by atoms with Crippen LogP contribution in [0.3, 0.4) is 0 Å². The van der Waals surface area contributed by atoms with Gasteiger partial charge in [-0.05, 0) is 122 Å². The van der Waals surface area contributed by atoms with Crippen LogP contribution in [-0.2, 0) is 33.3 Å². The van der Waals surface area contributed by atoms with E-state index in [1.807, 2.05) is 21.1 Å². The fraction of sp³-hybridized carbons (Fsp3) is 0.567. The number of likely N-dealkylation sites (N-methyl/N-ethyl adjacent to an activating group) is 1. The van der Waals surface area contributed by atoms with Crippen LogP contribution in [0.5, 0.6) is 0 Å². The van der Waals surface area contributed by atoms with E-state index in [9.17, 15) is 19.5 Å². The molecule has 0 amide bonds. The molecule has 1 N–H and O–H groups in total. The topological polar surface area (TPSA) is 108 Å². The molecule has 0 radical (unpaired) electrons. The van der Waals surface area contributed by atoms with Gasteiger partial charge in [-0.1, -0.05) is 210 Å². The van der Waals surface area contributed by atoms with E-state index in [2.05, 4.69) is 172 Å². The molecule has 0 spiro atoms. The van der Waals surface area contributed by atoms with Gasteiger partial charge in [-0.3, -0.25) is 9.59 Å². The smallest absolute Gasteiger partial charge is 0.361 e. The van der Waals surface area contributed by atoms with Crippen molar-refractivity contribution in [1.82, 2.24) is 0 Å². The average molecular weight is 1050 g/mol. The van der Waals surface area contributed by atoms with Crippen molar-refractivity contribution >= 4 is 17.9 Å². The van der Waals surface area contributed by atoms with Crippen molar-refractivity contribution in [3.63, 3.8) is 0 Å². The lowest BCUT2D eigenvalue weighted by molar-refractivity contribution is -0.870. The highest BCUT2D eigenvalue weighted by Crippen LogP contribution is 2.12. The lowest BCUT2D eigenvalue weighted by Gasteiger charge is -2.25. The van der Waals surface area contributed by atoms with E-state index in [0.717, 1.165) is 135 Å². The molecule has 0 aromatic heterocycles. The summed E-state index contributed by atoms with van der Waals surface area (Å²) in [6.07, 6.45) is 80.4. The van der Waals surface area contributed by atoms with Crippen LogP contribution in [0.25, 0.3) is 0 Å². The summed E-state index contributed by atoms with van der Waals surface area (Å²) in [6, 6.07) is 0. The molecule has 9 heteroatoms. The SMILES string of the molecule is CC/C=C\C/C=C\C/C=C\C/C=C\C/C=C\C/C=C\C/C=C\C/C=C\C/C=C\C/C=C\C/C=C\CCCCCC(=O)OC(COC(=O)CCCCCCC/C=C\C/C=C\CCCC)COC(OCC[N+](C)(C)C)C(=O)O. The fourth-order valence-electron chi connectivity index (χ4n) is 7.03. The van der Waals surface area contributed by atoms with Crippen molar-refractivity contribution in [3.05, 3.63) is 158 Å². The largest absolute Gasteiger partial charge is 0.477 e. The van der Waals surface area contributed by atoms with E-state index in [0.29, 0.717) is 23.9 Å². The summed E-state index contributed by atoms with van der Waals surface area (Å²) < 4.78 is 22.8. The van der Waals surface area contributed by atoms with Gasteiger partial charge in [0, 0.05) is 12.8 Å². The molecule has 0 aromatic rings. The number of carboxylic acid groups (broad SMARTS) is 1. The Labute approximate surface area is 464 Å². The number of carbonyl (C=O) groups is 3. The van der Waals surface area contributed by atoms with Gasteiger partial charge in [-0.25, -0.2) is 4.79 Å². The number of carbonyl (C=O) groups excluding carboxylic acids is 2. The Morgan fingerprint density at radius 2 is 0.750 bits per heavy atom. The number of hydrogen-bond acceptors (Lipinski definition) is 7. The Morgan fingerprint density at radius 3 is 1.13 bits per heavy atom. The highest BCUT2D eigenvalue weighted by molar-refractivity contribution is 5.71. The van der Waals surface area contributed by atoms with E-state index >= 15 is 0 Å². The molecule has 0 heterocycles. The maximum Gasteiger partial charge on any atom is 0.361 e. The van der Waals surface area contributed by atoms with Gasteiger partial charge < -0.3 is 28.5 Å². The maximum atomic E-state index is 12.8. The van der Waals surface area contributed by atoms with Gasteiger partial charge in [0.1, 0.15) is 13.2 Å². The lowest BCUT2D eigenvalue weighted by atomic mass is 10.1. The number of carboxylic acids is 1. The second-order valence-corrected chi connectivity index (χ2v) is 19.9. The predicted molar refractivity (Wildman–Crippen MR) is 322 cm³/mol. The molecule has 0 bridgehead atoms. The number of nitrogens with zero attached hydrogens (tertiary/aromatic N) is 1. The molecular weight excluding hydrogens is 947 g/mol. The molecule has 0 aromatic carbocycles. The zero-order valence-electron chi connectivity index (χ0n) is 48.3. The summed E-state index contributed by atoms with van der Waals surface area (Å²) in [5.41, 5.74) is 0. The molecule has 0 saturated heterocycles. The van der Waals surface area contributed by atoms with Gasteiger partial charge in [0.15, 0.2) is 6.10 Å². The van der Waals surface area contributed by atoms with Crippen molar-refractivity contribution < 1.29 is 42.9 Å². The van der Waals surface area contributed by atoms with E-state index in [-0.39, 0.29) is 38.6 Å². The molecule has 0 rings (SSSR count). The summed E-state index contributed by atoms with van der Waals surface area (Å²) in [5, 5.41) is 9.68. The Bertz CT molecular complexity index is 1800. The Kier molecular flexibility index (Phi) is 52.4. The van der Waals surface area contributed by atoms with Crippen LogP contribution in [0.1, 0.15) is 187 Å². The summed E-state index contributed by atoms with van der Waals surface area (Å²) >= 11 is 0. The molecule has 426 valence electrons. The molecular formula is C67H106NO8+. The van der Waals surface area contributed by atoms with Crippen LogP contribution in [0.2, 0.25) is 0 Å². The van der Waals surface area contributed by atoms with Crippen LogP contribution in [0.4, 0.5) is 0 Å². The van der Waals surface area contributed by atoms with Crippen molar-refractivity contribution in [2.45, 2.75) is 200 Å². The number of esters is 2. The van der Waals surface area contributed by atoms with Crippen molar-refractivity contribution in [3.8, 4) is 0 Å². The van der Waals surface area contributed by atoms with E-state index in [4.69, 9.17) is 18.9 Å². The molecule has 2 unspecified atom stereocenters. The number of ether oxygens (including phenoxy) is 4. The molecule has 0 saturated carbocycles. The highest BCUT2D eigenvalue weighted by atomic mass is 16.7. The Balaban J connectivity index is 4.32. The van der Waals surface area contributed by atoms with Gasteiger partial charge in [0.2, 0.25) is 0 Å². The molecule has 0 fully saturated rings. The fourth-order valence-corrected chi connectivity index (χ4v) is 7.03. The van der Waals surface area contributed by atoms with E-state index in [1.165, 1.54) is 12.8 Å². The zero-order valence-corrected chi connectivity index (χ0v) is 48.3. The first kappa shape index (κ1) is 70.9. The summed E-state index contributed by atoms with van der Waals surface area (Å²) in [4.78, 5) is 37.3. The first-order valence-electron chi connectivity index (χ1n) is 29.1. The number of quaternary nitrogens is 1. The van der Waals surface area contributed by atoms with Gasteiger partial charge >= 0.3 is 17.9 Å². The molecule has 9 nitrogen and oxygen atoms in total. The Hall–Kier alpha value is -5.09. The van der Waals surface area contributed by atoms with Crippen LogP contribution in [0, 0.1) is 0 Å². The van der Waals surface area contributed by atoms with Gasteiger partial charge in [0.25, 0.3) is 6.29 Å². The number of unbranched alkanes of at least 4 members (excludes halogenated alkanes) is 10. The first-order chi connectivity index (χ1) is 37.1. The predicted octanol–water partition coefficient (Wildman–Crippen LogP) is 17.4. The van der Waals surface area contributed by atoms with Crippen molar-refractivity contribution in [2.24, 2.45) is 0 Å².